The molecule has 0 aliphatic rings. The van der Waals surface area contributed by atoms with Gasteiger partial charge in [0.15, 0.2) is 6.10 Å². The maximum Gasteiger partial charge on any atom is 0.415 e. The van der Waals surface area contributed by atoms with Crippen LogP contribution in [0.5, 0.6) is 0 Å². The fourth-order valence-corrected chi connectivity index (χ4v) is 1.82. The van der Waals surface area contributed by atoms with Crippen LogP contribution in [0.1, 0.15) is 19.9 Å². The zero-order valence-electron chi connectivity index (χ0n) is 8.64. The summed E-state index contributed by atoms with van der Waals surface area (Å²) in [6, 6.07) is -0.0412. The first-order valence-corrected chi connectivity index (χ1v) is 5.46. The molecule has 0 bridgehead atoms. The maximum absolute atomic E-state index is 12.0. The van der Waals surface area contributed by atoms with Crippen molar-refractivity contribution in [3.8, 4) is 0 Å². The molecule has 1 N–H and O–H groups in total. The normalized spacial score (nSPS) is 14.4. The summed E-state index contributed by atoms with van der Waals surface area (Å²) < 4.78 is 37.4. The van der Waals surface area contributed by atoms with Crippen molar-refractivity contribution in [1.29, 1.82) is 0 Å². The average molecular weight is 256 g/mol. The number of halogens is 3. The summed E-state index contributed by atoms with van der Waals surface area (Å²) in [5, 5.41) is 19.6. The number of aliphatic hydroxyl groups is 1. The van der Waals surface area contributed by atoms with Crippen molar-refractivity contribution in [3.63, 3.8) is 0 Å². The number of aliphatic hydroxyl groups excluding tert-OH is 1. The highest BCUT2D eigenvalue weighted by atomic mass is 32.2. The van der Waals surface area contributed by atoms with Crippen LogP contribution in [0.15, 0.2) is 5.16 Å². The monoisotopic (exact) mass is 256 g/mol. The summed E-state index contributed by atoms with van der Waals surface area (Å²) in [5.74, 6) is -0.517. The first-order chi connectivity index (χ1) is 7.32. The topological polar surface area (TPSA) is 63.8 Å². The van der Waals surface area contributed by atoms with Crippen LogP contribution in [0.4, 0.5) is 13.2 Å². The van der Waals surface area contributed by atoms with E-state index in [1.54, 1.807) is 13.8 Å². The van der Waals surface area contributed by atoms with E-state index in [1.807, 2.05) is 0 Å². The molecule has 0 saturated carbocycles. The molecule has 1 rings (SSSR count). The first kappa shape index (κ1) is 13.2. The van der Waals surface area contributed by atoms with Crippen molar-refractivity contribution in [2.45, 2.75) is 37.3 Å². The van der Waals surface area contributed by atoms with Gasteiger partial charge >= 0.3 is 6.18 Å². The molecule has 0 spiro atoms. The van der Waals surface area contributed by atoms with Gasteiger partial charge in [0.05, 0.1) is 6.04 Å². The van der Waals surface area contributed by atoms with E-state index in [2.05, 4.69) is 15.5 Å². The highest BCUT2D eigenvalue weighted by molar-refractivity contribution is 7.99. The molecule has 0 unspecified atom stereocenters. The second kappa shape index (κ2) is 5.00. The van der Waals surface area contributed by atoms with E-state index in [1.165, 1.54) is 4.68 Å². The van der Waals surface area contributed by atoms with E-state index < -0.39 is 18.0 Å². The summed E-state index contributed by atoms with van der Waals surface area (Å²) in [6.45, 7) is 3.61. The SMILES string of the molecule is CC(C)n1nnnc1SC[C@H](O)C(F)(F)F. The number of tetrazole rings is 1. The van der Waals surface area contributed by atoms with Crippen molar-refractivity contribution in [2.75, 3.05) is 5.75 Å². The molecule has 9 heteroatoms. The minimum atomic E-state index is -4.61. The zero-order valence-corrected chi connectivity index (χ0v) is 9.46. The molecule has 16 heavy (non-hydrogen) atoms. The van der Waals surface area contributed by atoms with Crippen molar-refractivity contribution < 1.29 is 18.3 Å². The number of rotatable bonds is 4. The first-order valence-electron chi connectivity index (χ1n) is 4.47. The Kier molecular flexibility index (Phi) is 4.14. The molecule has 0 aliphatic carbocycles. The van der Waals surface area contributed by atoms with Crippen LogP contribution >= 0.6 is 11.8 Å². The Labute approximate surface area is 94.0 Å². The van der Waals surface area contributed by atoms with Gasteiger partial charge in [0, 0.05) is 5.75 Å². The molecule has 1 heterocycles. The second-order valence-electron chi connectivity index (χ2n) is 3.37. The summed E-state index contributed by atoms with van der Waals surface area (Å²) in [5.41, 5.74) is 0. The highest BCUT2D eigenvalue weighted by Gasteiger charge is 2.38. The Morgan fingerprint density at radius 2 is 2.06 bits per heavy atom. The zero-order chi connectivity index (χ0) is 12.3. The molecule has 1 aromatic heterocycles. The van der Waals surface area contributed by atoms with Gasteiger partial charge in [-0.3, -0.25) is 0 Å². The quantitative estimate of drug-likeness (QED) is 0.822. The van der Waals surface area contributed by atoms with Crippen LogP contribution in [0.2, 0.25) is 0 Å². The van der Waals surface area contributed by atoms with Gasteiger partial charge in [-0.15, -0.1) is 5.10 Å². The lowest BCUT2D eigenvalue weighted by Gasteiger charge is -2.13. The molecule has 5 nitrogen and oxygen atoms in total. The number of aromatic nitrogens is 4. The number of hydrogen-bond acceptors (Lipinski definition) is 5. The lowest BCUT2D eigenvalue weighted by molar-refractivity contribution is -0.195. The van der Waals surface area contributed by atoms with Crippen molar-refractivity contribution in [1.82, 2.24) is 20.2 Å². The molecular weight excluding hydrogens is 245 g/mol. The molecule has 1 atom stereocenters. The smallest absolute Gasteiger partial charge is 0.383 e. The van der Waals surface area contributed by atoms with Crippen molar-refractivity contribution >= 4 is 11.8 Å². The molecule has 0 aromatic carbocycles. The van der Waals surface area contributed by atoms with Gasteiger partial charge in [-0.2, -0.15) is 13.2 Å². The van der Waals surface area contributed by atoms with Crippen molar-refractivity contribution in [2.24, 2.45) is 0 Å². The third-order valence-electron chi connectivity index (χ3n) is 1.70. The Hall–Kier alpha value is -0.830. The number of thioether (sulfide) groups is 1. The van der Waals surface area contributed by atoms with Crippen LogP contribution in [-0.2, 0) is 0 Å². The maximum atomic E-state index is 12.0. The Bertz CT molecular complexity index is 341. The van der Waals surface area contributed by atoms with E-state index in [0.29, 0.717) is 0 Å². The fourth-order valence-electron chi connectivity index (χ4n) is 0.853. The molecular formula is C7H11F3N4OS. The Morgan fingerprint density at radius 3 is 2.56 bits per heavy atom. The van der Waals surface area contributed by atoms with Gasteiger partial charge < -0.3 is 5.11 Å². The van der Waals surface area contributed by atoms with Gasteiger partial charge in [0.1, 0.15) is 0 Å². The molecule has 0 fully saturated rings. The van der Waals surface area contributed by atoms with Gasteiger partial charge in [0.25, 0.3) is 0 Å². The third kappa shape index (κ3) is 3.34. The molecule has 92 valence electrons. The standard InChI is InChI=1S/C7H11F3N4OS/c1-4(2)14-6(11-12-13-14)16-3-5(15)7(8,9)10/h4-5,15H,3H2,1-2H3/t5-/m0/s1. The van der Waals surface area contributed by atoms with Crippen LogP contribution in [0.3, 0.4) is 0 Å². The molecule has 0 aliphatic heterocycles. The van der Waals surface area contributed by atoms with E-state index >= 15 is 0 Å². The lowest BCUT2D eigenvalue weighted by Crippen LogP contribution is -2.30. The van der Waals surface area contributed by atoms with E-state index in [4.69, 9.17) is 5.11 Å². The Balaban J connectivity index is 2.58. The predicted octanol–water partition coefficient (Wildman–Crippen LogP) is 1.27. The molecule has 0 amide bonds. The summed E-state index contributed by atoms with van der Waals surface area (Å²) in [7, 11) is 0. The summed E-state index contributed by atoms with van der Waals surface area (Å²) in [4.78, 5) is 0. The van der Waals surface area contributed by atoms with E-state index in [9.17, 15) is 13.2 Å². The molecule has 0 radical (unpaired) electrons. The second-order valence-corrected chi connectivity index (χ2v) is 4.36. The van der Waals surface area contributed by atoms with Gasteiger partial charge in [-0.25, -0.2) is 4.68 Å². The van der Waals surface area contributed by atoms with E-state index in [-0.39, 0.29) is 11.2 Å². The number of hydrogen-bond donors (Lipinski definition) is 1. The number of nitrogens with zero attached hydrogens (tertiary/aromatic N) is 4. The molecule has 1 aromatic rings. The fraction of sp³-hybridized carbons (Fsp3) is 0.857. The lowest BCUT2D eigenvalue weighted by atomic mass is 10.4. The van der Waals surface area contributed by atoms with Crippen molar-refractivity contribution in [3.05, 3.63) is 0 Å². The van der Waals surface area contributed by atoms with E-state index in [0.717, 1.165) is 11.8 Å². The van der Waals surface area contributed by atoms with Crippen LogP contribution in [0, 0.1) is 0 Å². The average Bonchev–Trinajstić information content (AvgIpc) is 2.60. The van der Waals surface area contributed by atoms with Gasteiger partial charge in [-0.05, 0) is 24.3 Å². The minimum absolute atomic E-state index is 0.0412. The number of alkyl halides is 3. The largest absolute Gasteiger partial charge is 0.415 e. The Morgan fingerprint density at radius 1 is 1.44 bits per heavy atom. The summed E-state index contributed by atoms with van der Waals surface area (Å²) >= 11 is 0.774. The van der Waals surface area contributed by atoms with Gasteiger partial charge in [-0.1, -0.05) is 11.8 Å². The highest BCUT2D eigenvalue weighted by Crippen LogP contribution is 2.26. The third-order valence-corrected chi connectivity index (χ3v) is 2.71. The van der Waals surface area contributed by atoms with Crippen LogP contribution in [-0.4, -0.2) is 43.3 Å². The minimum Gasteiger partial charge on any atom is -0.383 e. The van der Waals surface area contributed by atoms with Crippen LogP contribution in [0.25, 0.3) is 0 Å². The van der Waals surface area contributed by atoms with Crippen LogP contribution < -0.4 is 0 Å². The molecule has 0 saturated heterocycles. The van der Waals surface area contributed by atoms with Gasteiger partial charge in [0.2, 0.25) is 5.16 Å². The predicted molar refractivity (Wildman–Crippen MR) is 51.0 cm³/mol. The summed E-state index contributed by atoms with van der Waals surface area (Å²) in [6.07, 6.45) is -6.97.